The highest BCUT2D eigenvalue weighted by atomic mass is 35.7. The first-order valence-electron chi connectivity index (χ1n) is 2.95. The molecule has 72 valence electrons. The van der Waals surface area contributed by atoms with Crippen LogP contribution in [0.4, 0.5) is 5.13 Å². The Kier molecular flexibility index (Phi) is 2.84. The number of aromatic nitrogens is 2. The van der Waals surface area contributed by atoms with Gasteiger partial charge in [0.1, 0.15) is 0 Å². The zero-order valence-corrected chi connectivity index (χ0v) is 8.70. The predicted octanol–water partition coefficient (Wildman–Crippen LogP) is 0.424. The lowest BCUT2D eigenvalue weighted by atomic mass is 10.7. The number of rotatable bonds is 2. The molecule has 13 heavy (non-hydrogen) atoms. The standard InChI is InChI=1S/C4H4ClN3O3S2/c1-2(9)6-3-7-4(8-12-3)13(5,10)11/h1H3,(H,6,7,8,9). The summed E-state index contributed by atoms with van der Waals surface area (Å²) in [5.74, 6) is -0.352. The maximum atomic E-state index is 10.7. The van der Waals surface area contributed by atoms with Gasteiger partial charge in [0.25, 0.3) is 14.2 Å². The molecule has 6 nitrogen and oxygen atoms in total. The highest BCUT2D eigenvalue weighted by Gasteiger charge is 2.17. The van der Waals surface area contributed by atoms with Crippen LogP contribution in [-0.4, -0.2) is 23.7 Å². The summed E-state index contributed by atoms with van der Waals surface area (Å²) in [6.45, 7) is 1.27. The summed E-state index contributed by atoms with van der Waals surface area (Å²) < 4.78 is 24.8. The SMILES string of the molecule is CC(=O)Nc1nc(S(=O)(=O)Cl)ns1. The highest BCUT2D eigenvalue weighted by Crippen LogP contribution is 2.17. The number of nitrogens with one attached hydrogen (secondary N) is 1. The van der Waals surface area contributed by atoms with Crippen LogP contribution in [0.2, 0.25) is 0 Å². The summed E-state index contributed by atoms with van der Waals surface area (Å²) in [7, 11) is 1.04. The maximum absolute atomic E-state index is 10.7. The molecular formula is C4H4ClN3O3S2. The van der Waals surface area contributed by atoms with E-state index in [2.05, 4.69) is 14.7 Å². The van der Waals surface area contributed by atoms with Crippen LogP contribution in [0.25, 0.3) is 0 Å². The molecule has 1 heterocycles. The summed E-state index contributed by atoms with van der Waals surface area (Å²) in [5, 5.41) is 1.89. The second kappa shape index (κ2) is 3.56. The van der Waals surface area contributed by atoms with Crippen LogP contribution in [-0.2, 0) is 13.8 Å². The zero-order valence-electron chi connectivity index (χ0n) is 6.31. The van der Waals surface area contributed by atoms with Crippen molar-refractivity contribution in [1.29, 1.82) is 0 Å². The van der Waals surface area contributed by atoms with Gasteiger partial charge in [0.15, 0.2) is 0 Å². The smallest absolute Gasteiger partial charge is 0.297 e. The first-order valence-corrected chi connectivity index (χ1v) is 6.04. The van der Waals surface area contributed by atoms with Crippen molar-refractivity contribution < 1.29 is 13.2 Å². The minimum atomic E-state index is -3.91. The number of amides is 1. The van der Waals surface area contributed by atoms with Gasteiger partial charge in [-0.2, -0.15) is 9.36 Å². The Balaban J connectivity index is 2.94. The molecule has 0 unspecified atom stereocenters. The summed E-state index contributed by atoms with van der Waals surface area (Å²) in [6, 6.07) is 0. The number of carbonyl (C=O) groups excluding carboxylic acids is 1. The number of carbonyl (C=O) groups is 1. The molecule has 0 spiro atoms. The van der Waals surface area contributed by atoms with Crippen molar-refractivity contribution >= 4 is 42.3 Å². The highest BCUT2D eigenvalue weighted by molar-refractivity contribution is 8.13. The molecular weight excluding hydrogens is 238 g/mol. The van der Waals surface area contributed by atoms with E-state index in [1.807, 2.05) is 0 Å². The van der Waals surface area contributed by atoms with Crippen molar-refractivity contribution in [2.75, 3.05) is 5.32 Å². The van der Waals surface area contributed by atoms with E-state index in [0.29, 0.717) is 0 Å². The molecule has 0 fully saturated rings. The van der Waals surface area contributed by atoms with E-state index >= 15 is 0 Å². The number of halogens is 1. The lowest BCUT2D eigenvalue weighted by Crippen LogP contribution is -2.05. The topological polar surface area (TPSA) is 89.0 Å². The molecule has 9 heteroatoms. The first-order chi connectivity index (χ1) is 5.89. The lowest BCUT2D eigenvalue weighted by molar-refractivity contribution is -0.114. The van der Waals surface area contributed by atoms with Crippen molar-refractivity contribution in [1.82, 2.24) is 9.36 Å². The van der Waals surface area contributed by atoms with Crippen molar-refractivity contribution in [2.45, 2.75) is 12.1 Å². The molecule has 0 atom stereocenters. The maximum Gasteiger partial charge on any atom is 0.297 e. The van der Waals surface area contributed by atoms with Gasteiger partial charge in [-0.05, 0) is 0 Å². The van der Waals surface area contributed by atoms with Gasteiger partial charge in [-0.3, -0.25) is 4.79 Å². The number of hydrogen-bond donors (Lipinski definition) is 1. The fourth-order valence-corrected chi connectivity index (χ4v) is 2.12. The van der Waals surface area contributed by atoms with Crippen molar-refractivity contribution in [3.8, 4) is 0 Å². The lowest BCUT2D eigenvalue weighted by Gasteiger charge is -1.90. The largest absolute Gasteiger partial charge is 0.301 e. The third kappa shape index (κ3) is 2.90. The van der Waals surface area contributed by atoms with Crippen LogP contribution < -0.4 is 5.32 Å². The quantitative estimate of drug-likeness (QED) is 0.759. The first kappa shape index (κ1) is 10.4. The van der Waals surface area contributed by atoms with Crippen LogP contribution >= 0.6 is 22.2 Å². The monoisotopic (exact) mass is 241 g/mol. The van der Waals surface area contributed by atoms with E-state index in [-0.39, 0.29) is 11.0 Å². The van der Waals surface area contributed by atoms with Crippen molar-refractivity contribution in [3.63, 3.8) is 0 Å². The van der Waals surface area contributed by atoms with E-state index < -0.39 is 14.2 Å². The van der Waals surface area contributed by atoms with Crippen LogP contribution in [0.5, 0.6) is 0 Å². The van der Waals surface area contributed by atoms with E-state index in [1.165, 1.54) is 6.92 Å². The van der Waals surface area contributed by atoms with E-state index in [4.69, 9.17) is 10.7 Å². The summed E-state index contributed by atoms with van der Waals surface area (Å²) >= 11 is 0.748. The molecule has 0 bridgehead atoms. The van der Waals surface area contributed by atoms with E-state index in [0.717, 1.165) is 11.5 Å². The second-order valence-electron chi connectivity index (χ2n) is 2.00. The molecule has 0 aliphatic carbocycles. The average molecular weight is 242 g/mol. The summed E-state index contributed by atoms with van der Waals surface area (Å²) in [5.41, 5.74) is 0. The van der Waals surface area contributed by atoms with Crippen molar-refractivity contribution in [2.24, 2.45) is 0 Å². The molecule has 1 rings (SSSR count). The molecule has 0 aliphatic heterocycles. The average Bonchev–Trinajstić information content (AvgIpc) is 2.32. The Bertz CT molecular complexity index is 426. The third-order valence-electron chi connectivity index (χ3n) is 0.908. The number of nitrogens with zero attached hydrogens (tertiary/aromatic N) is 2. The molecule has 1 amide bonds. The number of hydrogen-bond acceptors (Lipinski definition) is 6. The summed E-state index contributed by atoms with van der Waals surface area (Å²) in [6.07, 6.45) is 0. The minimum absolute atomic E-state index is 0.103. The molecule has 1 N–H and O–H groups in total. The minimum Gasteiger partial charge on any atom is -0.301 e. The fourth-order valence-electron chi connectivity index (χ4n) is 0.510. The normalized spacial score (nSPS) is 11.2. The zero-order chi connectivity index (χ0) is 10.1. The van der Waals surface area contributed by atoms with E-state index in [1.54, 1.807) is 0 Å². The number of anilines is 1. The molecule has 0 aliphatic rings. The van der Waals surface area contributed by atoms with Gasteiger partial charge < -0.3 is 5.32 Å². The van der Waals surface area contributed by atoms with Crippen LogP contribution in [0.15, 0.2) is 5.16 Å². The van der Waals surface area contributed by atoms with Gasteiger partial charge in [-0.1, -0.05) is 0 Å². The van der Waals surface area contributed by atoms with Crippen LogP contribution in [0, 0.1) is 0 Å². The fraction of sp³-hybridized carbons (Fsp3) is 0.250. The Morgan fingerprint density at radius 2 is 2.23 bits per heavy atom. The molecule has 0 radical (unpaired) electrons. The Hall–Kier alpha value is -0.730. The molecule has 1 aromatic rings. The van der Waals surface area contributed by atoms with Crippen LogP contribution in [0.3, 0.4) is 0 Å². The third-order valence-corrected chi connectivity index (χ3v) is 2.69. The molecule has 0 saturated heterocycles. The van der Waals surface area contributed by atoms with E-state index in [9.17, 15) is 13.2 Å². The predicted molar refractivity (Wildman–Crippen MR) is 47.3 cm³/mol. The van der Waals surface area contributed by atoms with Crippen molar-refractivity contribution in [3.05, 3.63) is 0 Å². The second-order valence-corrected chi connectivity index (χ2v) is 5.21. The molecule has 1 aromatic heterocycles. The Morgan fingerprint density at radius 3 is 2.62 bits per heavy atom. The van der Waals surface area contributed by atoms with Gasteiger partial charge in [0.2, 0.25) is 11.0 Å². The van der Waals surface area contributed by atoms with Gasteiger partial charge >= 0.3 is 0 Å². The van der Waals surface area contributed by atoms with Gasteiger partial charge in [0.05, 0.1) is 0 Å². The van der Waals surface area contributed by atoms with Gasteiger partial charge in [0, 0.05) is 29.1 Å². The molecule has 0 aromatic carbocycles. The molecule has 0 saturated carbocycles. The van der Waals surface area contributed by atoms with Gasteiger partial charge in [-0.15, -0.1) is 0 Å². The Labute approximate surface area is 82.5 Å². The van der Waals surface area contributed by atoms with Crippen LogP contribution in [0.1, 0.15) is 6.92 Å². The van der Waals surface area contributed by atoms with Gasteiger partial charge in [-0.25, -0.2) is 8.42 Å². The summed E-state index contributed by atoms with van der Waals surface area (Å²) in [4.78, 5) is 14.0. The Morgan fingerprint density at radius 1 is 1.62 bits per heavy atom.